The van der Waals surface area contributed by atoms with Gasteiger partial charge in [-0.15, -0.1) is 0 Å². The molecule has 16 heteroatoms. The lowest BCUT2D eigenvalue weighted by atomic mass is 9.88. The van der Waals surface area contributed by atoms with E-state index in [1.165, 1.54) is 4.90 Å². The number of alkyl halides is 1. The Morgan fingerprint density at radius 3 is 2.62 bits per heavy atom. The van der Waals surface area contributed by atoms with Crippen LogP contribution in [0.1, 0.15) is 58.8 Å². The summed E-state index contributed by atoms with van der Waals surface area (Å²) < 4.78 is 53.5. The molecule has 0 bridgehead atoms. The number of amides is 4. The first-order valence-electron chi connectivity index (χ1n) is 16.8. The lowest BCUT2D eigenvalue weighted by Crippen LogP contribution is -2.59. The molecule has 0 spiro atoms. The van der Waals surface area contributed by atoms with Crippen molar-refractivity contribution in [2.45, 2.75) is 87.5 Å². The Balaban J connectivity index is 1.33. The number of methoxy groups -OCH3 is 1. The largest absolute Gasteiger partial charge is 0.497 e. The van der Waals surface area contributed by atoms with Gasteiger partial charge in [0.15, 0.2) is 0 Å². The van der Waals surface area contributed by atoms with Crippen molar-refractivity contribution in [3.8, 4) is 11.6 Å². The molecule has 50 heavy (non-hydrogen) atoms. The molecule has 1 aromatic carbocycles. The van der Waals surface area contributed by atoms with E-state index in [-0.39, 0.29) is 44.0 Å². The SMILES string of the molecule is COc1ccc2c(O[C@@H]3C[C@H]4C(=O)NC5(C(=O)NS(=O)(=O)C6(F)CC6)C[C@H]5/C=C\CC[C@@H](C)C[C@@H](C)[C@H](NC(=O)O)C(=O)N4C3)nccc2c1. The minimum atomic E-state index is -4.66. The lowest BCUT2D eigenvalue weighted by Gasteiger charge is -2.32. The number of nitrogens with zero attached hydrogens (tertiary/aromatic N) is 2. The van der Waals surface area contributed by atoms with Crippen LogP contribution in [0, 0.1) is 17.8 Å². The van der Waals surface area contributed by atoms with Gasteiger partial charge in [0.05, 0.1) is 13.7 Å². The Kier molecular flexibility index (Phi) is 9.43. The number of ether oxygens (including phenoxy) is 2. The van der Waals surface area contributed by atoms with Crippen LogP contribution in [0.15, 0.2) is 42.6 Å². The standard InChI is InChI=1S/C34H42FN5O9S/c1-19-6-4-5-7-22-17-34(22,31(43)39-50(46,47)33(35)11-12-33)38-28(41)26-16-24(18-40(26)30(42)27(20(2)14-19)37-32(44)45)49-29-25-9-8-23(48-3)15-21(25)10-13-36-29/h5,7-10,13,15,19-20,22,24,26-27,37H,4,6,11-12,14,16-18H2,1-3H3,(H,38,41)(H,39,43)(H,44,45)/b7-5-/t19-,20-,22-,24-,26+,27+,34?/m1/s1. The molecule has 14 nitrogen and oxygen atoms in total. The number of fused-ring (bicyclic) bond motifs is 3. The van der Waals surface area contributed by atoms with Crippen LogP contribution >= 0.6 is 0 Å². The minimum absolute atomic E-state index is 0.0412. The molecular weight excluding hydrogens is 673 g/mol. The molecule has 2 saturated carbocycles. The van der Waals surface area contributed by atoms with Crippen molar-refractivity contribution in [3.63, 3.8) is 0 Å². The third-order valence-corrected chi connectivity index (χ3v) is 12.1. The van der Waals surface area contributed by atoms with Gasteiger partial charge in [0.1, 0.15) is 29.5 Å². The van der Waals surface area contributed by atoms with Gasteiger partial charge in [0, 0.05) is 36.8 Å². The molecule has 4 aliphatic rings. The van der Waals surface area contributed by atoms with Crippen LogP contribution in [0.2, 0.25) is 0 Å². The molecular formula is C34H42FN5O9S. The number of rotatable bonds is 7. The van der Waals surface area contributed by atoms with Crippen LogP contribution in [0.3, 0.4) is 0 Å². The molecule has 4 amide bonds. The Hall–Kier alpha value is -4.47. The zero-order valence-electron chi connectivity index (χ0n) is 28.1. The summed E-state index contributed by atoms with van der Waals surface area (Å²) in [5.41, 5.74) is -1.70. The second kappa shape index (κ2) is 13.3. The lowest BCUT2D eigenvalue weighted by molar-refractivity contribution is -0.142. The topological polar surface area (TPSA) is 193 Å². The summed E-state index contributed by atoms with van der Waals surface area (Å²) >= 11 is 0. The van der Waals surface area contributed by atoms with Crippen LogP contribution in [0.4, 0.5) is 9.18 Å². The van der Waals surface area contributed by atoms with Gasteiger partial charge < -0.3 is 30.1 Å². The Labute approximate surface area is 289 Å². The van der Waals surface area contributed by atoms with Gasteiger partial charge in [0.2, 0.25) is 22.7 Å². The number of allylic oxidation sites excluding steroid dienone is 1. The van der Waals surface area contributed by atoms with E-state index < -0.39 is 74.4 Å². The second-order valence-corrected chi connectivity index (χ2v) is 16.0. The predicted molar refractivity (Wildman–Crippen MR) is 178 cm³/mol. The number of halogens is 1. The Morgan fingerprint density at radius 1 is 1.16 bits per heavy atom. The van der Waals surface area contributed by atoms with Crippen LogP contribution in [-0.4, -0.2) is 89.6 Å². The van der Waals surface area contributed by atoms with Gasteiger partial charge in [-0.3, -0.25) is 14.4 Å². The molecule has 4 N–H and O–H groups in total. The van der Waals surface area contributed by atoms with Gasteiger partial charge in [0.25, 0.3) is 15.9 Å². The summed E-state index contributed by atoms with van der Waals surface area (Å²) in [5.74, 6) is -2.50. The van der Waals surface area contributed by atoms with E-state index in [0.717, 1.165) is 5.39 Å². The summed E-state index contributed by atoms with van der Waals surface area (Å²) in [5, 5.41) is 13.7. The first-order valence-corrected chi connectivity index (χ1v) is 18.3. The number of carbonyl (C=O) groups excluding carboxylic acids is 3. The quantitative estimate of drug-likeness (QED) is 0.310. The van der Waals surface area contributed by atoms with Gasteiger partial charge in [-0.05, 0) is 67.2 Å². The number of benzene rings is 1. The van der Waals surface area contributed by atoms with Crippen LogP contribution in [-0.2, 0) is 24.4 Å². The molecule has 0 radical (unpaired) electrons. The van der Waals surface area contributed by atoms with Gasteiger partial charge in [-0.2, -0.15) is 0 Å². The summed E-state index contributed by atoms with van der Waals surface area (Å²) in [6.07, 6.45) is 4.35. The number of aromatic nitrogens is 1. The van der Waals surface area contributed by atoms with Crippen molar-refractivity contribution < 1.29 is 46.6 Å². The fraction of sp³-hybridized carbons (Fsp3) is 0.559. The monoisotopic (exact) mass is 715 g/mol. The van der Waals surface area contributed by atoms with Gasteiger partial charge in [-0.25, -0.2) is 27.3 Å². The number of sulfonamides is 1. The highest BCUT2D eigenvalue weighted by Crippen LogP contribution is 2.48. The molecule has 6 rings (SSSR count). The maximum absolute atomic E-state index is 14.7. The molecule has 2 aliphatic heterocycles. The maximum atomic E-state index is 14.7. The van der Waals surface area contributed by atoms with E-state index in [1.807, 2.05) is 23.8 Å². The molecule has 7 atom stereocenters. The zero-order valence-corrected chi connectivity index (χ0v) is 28.9. The van der Waals surface area contributed by atoms with E-state index in [4.69, 9.17) is 9.47 Å². The molecule has 3 heterocycles. The van der Waals surface area contributed by atoms with Crippen molar-refractivity contribution in [1.82, 2.24) is 25.2 Å². The number of hydrogen-bond donors (Lipinski definition) is 4. The summed E-state index contributed by atoms with van der Waals surface area (Å²) in [6.45, 7) is 3.67. The summed E-state index contributed by atoms with van der Waals surface area (Å²) in [4.78, 5) is 59.6. The Morgan fingerprint density at radius 2 is 1.92 bits per heavy atom. The highest BCUT2D eigenvalue weighted by atomic mass is 32.2. The van der Waals surface area contributed by atoms with Crippen molar-refractivity contribution in [3.05, 3.63) is 42.6 Å². The first-order chi connectivity index (χ1) is 23.7. The van der Waals surface area contributed by atoms with Gasteiger partial charge >= 0.3 is 6.09 Å². The number of nitrogens with one attached hydrogen (secondary N) is 3. The first kappa shape index (κ1) is 35.4. The zero-order chi connectivity index (χ0) is 36.0. The second-order valence-electron chi connectivity index (χ2n) is 14.0. The minimum Gasteiger partial charge on any atom is -0.497 e. The van der Waals surface area contributed by atoms with Crippen molar-refractivity contribution in [2.75, 3.05) is 13.7 Å². The third kappa shape index (κ3) is 6.94. The molecule has 1 saturated heterocycles. The molecule has 270 valence electrons. The molecule has 2 aliphatic carbocycles. The van der Waals surface area contributed by atoms with Crippen molar-refractivity contribution in [1.29, 1.82) is 0 Å². The number of pyridine rings is 1. The van der Waals surface area contributed by atoms with Crippen molar-refractivity contribution in [2.24, 2.45) is 17.8 Å². The summed E-state index contributed by atoms with van der Waals surface area (Å²) in [6, 6.07) is 4.70. The highest BCUT2D eigenvalue weighted by Gasteiger charge is 2.64. The van der Waals surface area contributed by atoms with E-state index in [0.29, 0.717) is 30.4 Å². The van der Waals surface area contributed by atoms with E-state index in [9.17, 15) is 37.1 Å². The van der Waals surface area contributed by atoms with Crippen LogP contribution in [0.25, 0.3) is 10.8 Å². The molecule has 2 aromatic rings. The average molecular weight is 716 g/mol. The van der Waals surface area contributed by atoms with Crippen molar-refractivity contribution >= 4 is 44.6 Å². The number of carboxylic acid groups (broad SMARTS) is 1. The van der Waals surface area contributed by atoms with E-state index >= 15 is 0 Å². The van der Waals surface area contributed by atoms with E-state index in [2.05, 4.69) is 15.6 Å². The molecule has 1 aromatic heterocycles. The van der Waals surface area contributed by atoms with Gasteiger partial charge in [-0.1, -0.05) is 26.0 Å². The smallest absolute Gasteiger partial charge is 0.405 e. The average Bonchev–Trinajstić information content (AvgIpc) is 3.95. The fourth-order valence-electron chi connectivity index (χ4n) is 7.13. The van der Waals surface area contributed by atoms with Crippen LogP contribution in [0.5, 0.6) is 11.6 Å². The fourth-order valence-corrected chi connectivity index (χ4v) is 8.38. The molecule has 1 unspecified atom stereocenters. The van der Waals surface area contributed by atoms with E-state index in [1.54, 1.807) is 44.5 Å². The Bertz CT molecular complexity index is 1840. The molecule has 3 fully saturated rings. The number of carbonyl (C=O) groups is 4. The predicted octanol–water partition coefficient (Wildman–Crippen LogP) is 3.02. The number of hydrogen-bond acceptors (Lipinski definition) is 9. The highest BCUT2D eigenvalue weighted by molar-refractivity contribution is 7.91. The maximum Gasteiger partial charge on any atom is 0.405 e. The normalized spacial score (nSPS) is 31.6. The van der Waals surface area contributed by atoms with Crippen LogP contribution < -0.4 is 24.8 Å². The summed E-state index contributed by atoms with van der Waals surface area (Å²) in [7, 11) is -3.11. The third-order valence-electron chi connectivity index (χ3n) is 10.3.